The lowest BCUT2D eigenvalue weighted by molar-refractivity contribution is -0.119. The van der Waals surface area contributed by atoms with Crippen LogP contribution in [0, 0.1) is 0 Å². The van der Waals surface area contributed by atoms with Crippen LogP contribution in [0.15, 0.2) is 29.2 Å². The number of benzene rings is 1. The molecule has 0 aliphatic rings. The molecule has 0 saturated heterocycles. The molecule has 1 amide bonds. The summed E-state index contributed by atoms with van der Waals surface area (Å²) in [6, 6.07) is 6.20. The highest BCUT2D eigenvalue weighted by atomic mass is 32.2. The first kappa shape index (κ1) is 17.5. The van der Waals surface area contributed by atoms with Crippen LogP contribution < -0.4 is 15.8 Å². The van der Waals surface area contributed by atoms with E-state index in [0.29, 0.717) is 18.0 Å². The second-order valence-electron chi connectivity index (χ2n) is 4.46. The van der Waals surface area contributed by atoms with Gasteiger partial charge in [0.05, 0.1) is 16.4 Å². The molecule has 0 unspecified atom stereocenters. The van der Waals surface area contributed by atoms with Gasteiger partial charge in [0, 0.05) is 13.0 Å². The van der Waals surface area contributed by atoms with Crippen molar-refractivity contribution in [2.75, 3.05) is 13.1 Å². The van der Waals surface area contributed by atoms with E-state index >= 15 is 0 Å². The van der Waals surface area contributed by atoms with Gasteiger partial charge >= 0.3 is 0 Å². The number of nitrogens with one attached hydrogen (secondary N) is 2. The van der Waals surface area contributed by atoms with Gasteiger partial charge in [0.1, 0.15) is 0 Å². The van der Waals surface area contributed by atoms with Crippen molar-refractivity contribution in [3.05, 3.63) is 29.8 Å². The molecule has 1 aromatic rings. The first-order chi connectivity index (χ1) is 9.85. The summed E-state index contributed by atoms with van der Waals surface area (Å²) < 4.78 is 26.3. The molecular weight excluding hydrogens is 310 g/mol. The monoisotopic (exact) mass is 329 g/mol. The van der Waals surface area contributed by atoms with Crippen LogP contribution in [0.4, 0.5) is 0 Å². The Morgan fingerprint density at radius 1 is 1.29 bits per heavy atom. The number of nitrogens with two attached hydrogens (primary N) is 1. The Hall–Kier alpha value is -1.51. The zero-order chi connectivity index (χ0) is 15.9. The predicted octanol–water partition coefficient (Wildman–Crippen LogP) is 0.320. The third-order valence-corrected chi connectivity index (χ3v) is 4.17. The topological polar surface area (TPSA) is 101 Å². The largest absolute Gasteiger partial charge is 0.393 e. The lowest BCUT2D eigenvalue weighted by Crippen LogP contribution is -2.37. The molecule has 0 saturated carbocycles. The molecular formula is C13H19N3O3S2. The van der Waals surface area contributed by atoms with Crippen molar-refractivity contribution < 1.29 is 13.2 Å². The molecule has 1 rings (SSSR count). The van der Waals surface area contributed by atoms with Crippen molar-refractivity contribution in [2.24, 2.45) is 5.73 Å². The van der Waals surface area contributed by atoms with E-state index in [1.54, 1.807) is 12.1 Å². The van der Waals surface area contributed by atoms with E-state index in [4.69, 9.17) is 18.0 Å². The van der Waals surface area contributed by atoms with Crippen molar-refractivity contribution in [2.45, 2.75) is 24.7 Å². The van der Waals surface area contributed by atoms with Crippen molar-refractivity contribution in [3.8, 4) is 0 Å². The zero-order valence-electron chi connectivity index (χ0n) is 11.8. The predicted molar refractivity (Wildman–Crippen MR) is 85.4 cm³/mol. The van der Waals surface area contributed by atoms with Crippen LogP contribution in [0.25, 0.3) is 0 Å². The number of carbonyl (C=O) groups is 1. The molecule has 21 heavy (non-hydrogen) atoms. The number of sulfonamides is 1. The Morgan fingerprint density at radius 3 is 2.43 bits per heavy atom. The van der Waals surface area contributed by atoms with Crippen molar-refractivity contribution >= 4 is 33.1 Å². The first-order valence-electron chi connectivity index (χ1n) is 6.48. The third kappa shape index (κ3) is 6.19. The molecule has 6 nitrogen and oxygen atoms in total. The normalized spacial score (nSPS) is 11.1. The Labute approximate surface area is 130 Å². The maximum atomic E-state index is 12.0. The van der Waals surface area contributed by atoms with E-state index in [1.807, 2.05) is 6.92 Å². The summed E-state index contributed by atoms with van der Waals surface area (Å²) >= 11 is 4.79. The first-order valence-corrected chi connectivity index (χ1v) is 8.38. The van der Waals surface area contributed by atoms with Crippen molar-refractivity contribution in [3.63, 3.8) is 0 Å². The van der Waals surface area contributed by atoms with Gasteiger partial charge in [-0.1, -0.05) is 31.3 Å². The summed E-state index contributed by atoms with van der Waals surface area (Å²) in [7, 11) is -3.70. The molecule has 0 spiro atoms. The Morgan fingerprint density at radius 2 is 1.90 bits per heavy atom. The van der Waals surface area contributed by atoms with Gasteiger partial charge in [0.15, 0.2) is 0 Å². The van der Waals surface area contributed by atoms with Crippen LogP contribution in [-0.4, -0.2) is 32.4 Å². The number of thiocarbonyl (C=S) groups is 1. The van der Waals surface area contributed by atoms with E-state index in [-0.39, 0.29) is 17.3 Å². The average Bonchev–Trinajstić information content (AvgIpc) is 2.43. The third-order valence-electron chi connectivity index (χ3n) is 2.61. The molecule has 0 aliphatic carbocycles. The number of carbonyl (C=O) groups excluding carboxylic acids is 1. The molecule has 0 fully saturated rings. The number of hydrogen-bond donors (Lipinski definition) is 3. The highest BCUT2D eigenvalue weighted by molar-refractivity contribution is 7.89. The number of hydrogen-bond acceptors (Lipinski definition) is 4. The summed E-state index contributed by atoms with van der Waals surface area (Å²) in [5.41, 5.74) is 6.26. The minimum absolute atomic E-state index is 0.0949. The van der Waals surface area contributed by atoms with E-state index in [9.17, 15) is 13.2 Å². The fourth-order valence-corrected chi connectivity index (χ4v) is 2.71. The molecule has 0 bridgehead atoms. The Balaban J connectivity index is 2.65. The second kappa shape index (κ2) is 8.06. The van der Waals surface area contributed by atoms with Gasteiger partial charge in [-0.25, -0.2) is 13.1 Å². The van der Waals surface area contributed by atoms with Crippen molar-refractivity contribution in [1.29, 1.82) is 0 Å². The van der Waals surface area contributed by atoms with Gasteiger partial charge in [-0.3, -0.25) is 4.79 Å². The fraction of sp³-hybridized carbons (Fsp3) is 0.385. The van der Waals surface area contributed by atoms with E-state index in [1.165, 1.54) is 12.1 Å². The standard InChI is InChI=1S/C13H19N3O3S2/c1-2-7-15-13(17)9-16-21(18,19)11-5-3-10(4-6-11)8-12(14)20/h3-6,16H,2,7-9H2,1H3,(H2,14,20)(H,15,17). The second-order valence-corrected chi connectivity index (χ2v) is 6.75. The minimum Gasteiger partial charge on any atom is -0.393 e. The summed E-state index contributed by atoms with van der Waals surface area (Å²) in [5.74, 6) is -0.356. The molecule has 4 N–H and O–H groups in total. The van der Waals surface area contributed by atoms with E-state index in [2.05, 4.69) is 10.0 Å². The van der Waals surface area contributed by atoms with Crippen LogP contribution >= 0.6 is 12.2 Å². The maximum absolute atomic E-state index is 12.0. The summed E-state index contributed by atoms with van der Waals surface area (Å²) in [6.45, 7) is 2.16. The van der Waals surface area contributed by atoms with Gasteiger partial charge in [-0.05, 0) is 24.1 Å². The highest BCUT2D eigenvalue weighted by Gasteiger charge is 2.15. The fourth-order valence-electron chi connectivity index (χ4n) is 1.56. The van der Waals surface area contributed by atoms with Gasteiger partial charge < -0.3 is 11.1 Å². The SMILES string of the molecule is CCCNC(=O)CNS(=O)(=O)c1ccc(CC(N)=S)cc1. The lowest BCUT2D eigenvalue weighted by atomic mass is 10.1. The van der Waals surface area contributed by atoms with Gasteiger partial charge in [0.25, 0.3) is 0 Å². The van der Waals surface area contributed by atoms with Crippen LogP contribution in [0.2, 0.25) is 0 Å². The highest BCUT2D eigenvalue weighted by Crippen LogP contribution is 2.10. The maximum Gasteiger partial charge on any atom is 0.241 e. The Kier molecular flexibility index (Phi) is 6.73. The van der Waals surface area contributed by atoms with Crippen LogP contribution in [0.5, 0.6) is 0 Å². The van der Waals surface area contributed by atoms with Gasteiger partial charge in [-0.2, -0.15) is 0 Å². The van der Waals surface area contributed by atoms with Crippen LogP contribution in [0.3, 0.4) is 0 Å². The van der Waals surface area contributed by atoms with Gasteiger partial charge in [-0.15, -0.1) is 0 Å². The molecule has 0 radical (unpaired) electrons. The molecule has 0 atom stereocenters. The Bertz CT molecular complexity index is 598. The quantitative estimate of drug-likeness (QED) is 0.596. The summed E-state index contributed by atoms with van der Waals surface area (Å²) in [6.07, 6.45) is 1.21. The van der Waals surface area contributed by atoms with Crippen molar-refractivity contribution in [1.82, 2.24) is 10.0 Å². The molecule has 8 heteroatoms. The van der Waals surface area contributed by atoms with E-state index in [0.717, 1.165) is 12.0 Å². The number of rotatable bonds is 8. The summed E-state index contributed by atoms with van der Waals surface area (Å²) in [4.78, 5) is 11.8. The zero-order valence-corrected chi connectivity index (χ0v) is 13.4. The molecule has 0 aromatic heterocycles. The molecule has 1 aromatic carbocycles. The molecule has 116 valence electrons. The molecule has 0 heterocycles. The van der Waals surface area contributed by atoms with Gasteiger partial charge in [0.2, 0.25) is 15.9 Å². The smallest absolute Gasteiger partial charge is 0.241 e. The number of amides is 1. The summed E-state index contributed by atoms with van der Waals surface area (Å²) in [5, 5.41) is 2.59. The van der Waals surface area contributed by atoms with Crippen LogP contribution in [-0.2, 0) is 21.2 Å². The average molecular weight is 329 g/mol. The van der Waals surface area contributed by atoms with Crippen LogP contribution in [0.1, 0.15) is 18.9 Å². The lowest BCUT2D eigenvalue weighted by Gasteiger charge is -2.08. The van der Waals surface area contributed by atoms with E-state index < -0.39 is 10.0 Å². The molecule has 0 aliphatic heterocycles. The minimum atomic E-state index is -3.70.